The molecule has 0 heterocycles. The number of hydrogen-bond acceptors (Lipinski definition) is 2. The van der Waals surface area contributed by atoms with E-state index in [0.717, 1.165) is 5.56 Å². The van der Waals surface area contributed by atoms with Crippen molar-refractivity contribution in [2.75, 3.05) is 6.54 Å². The summed E-state index contributed by atoms with van der Waals surface area (Å²) in [6, 6.07) is 8.88. The Kier molecular flexibility index (Phi) is 4.93. The summed E-state index contributed by atoms with van der Waals surface area (Å²) < 4.78 is 28.0. The Morgan fingerprint density at radius 1 is 1.19 bits per heavy atom. The van der Waals surface area contributed by atoms with Gasteiger partial charge in [-0.2, -0.15) is 0 Å². The van der Waals surface area contributed by atoms with Gasteiger partial charge in [-0.3, -0.25) is 0 Å². The summed E-state index contributed by atoms with van der Waals surface area (Å²) in [7, 11) is 0. The van der Waals surface area contributed by atoms with Crippen LogP contribution in [0.15, 0.2) is 36.4 Å². The molecule has 5 heteroatoms. The van der Waals surface area contributed by atoms with Gasteiger partial charge in [0.25, 0.3) is 0 Å². The van der Waals surface area contributed by atoms with Crippen LogP contribution in [-0.4, -0.2) is 11.7 Å². The minimum absolute atomic E-state index is 0.0359. The quantitative estimate of drug-likeness (QED) is 0.904. The van der Waals surface area contributed by atoms with E-state index in [1.807, 2.05) is 0 Å². The highest BCUT2D eigenvalue weighted by Gasteiger charge is 2.27. The van der Waals surface area contributed by atoms with Gasteiger partial charge < -0.3 is 10.8 Å². The Morgan fingerprint density at radius 3 is 2.57 bits per heavy atom. The summed E-state index contributed by atoms with van der Waals surface area (Å²) in [5.74, 6) is -1.96. The van der Waals surface area contributed by atoms with Crippen molar-refractivity contribution in [1.82, 2.24) is 0 Å². The van der Waals surface area contributed by atoms with E-state index < -0.39 is 23.7 Å². The second kappa shape index (κ2) is 6.52. The maximum atomic E-state index is 14.1. The van der Waals surface area contributed by atoms with E-state index in [1.54, 1.807) is 19.1 Å². The van der Waals surface area contributed by atoms with Crippen LogP contribution in [-0.2, 0) is 0 Å². The largest absolute Gasteiger partial charge is 0.388 e. The average Bonchev–Trinajstić information content (AvgIpc) is 2.46. The van der Waals surface area contributed by atoms with Crippen LogP contribution in [0, 0.1) is 18.6 Å². The molecule has 0 aromatic heterocycles. The Morgan fingerprint density at radius 2 is 1.90 bits per heavy atom. The fourth-order valence-corrected chi connectivity index (χ4v) is 2.52. The third-order valence-electron chi connectivity index (χ3n) is 3.49. The molecule has 0 saturated heterocycles. The lowest BCUT2D eigenvalue weighted by molar-refractivity contribution is 0.141. The Hall–Kier alpha value is -1.49. The Balaban J connectivity index is 2.45. The van der Waals surface area contributed by atoms with Crippen LogP contribution in [0.3, 0.4) is 0 Å². The Labute approximate surface area is 127 Å². The maximum absolute atomic E-state index is 14.1. The molecule has 2 aromatic carbocycles. The zero-order valence-electron chi connectivity index (χ0n) is 11.5. The van der Waals surface area contributed by atoms with E-state index in [2.05, 4.69) is 0 Å². The van der Waals surface area contributed by atoms with E-state index in [9.17, 15) is 13.9 Å². The van der Waals surface area contributed by atoms with E-state index in [0.29, 0.717) is 0 Å². The highest BCUT2D eigenvalue weighted by atomic mass is 35.5. The molecule has 0 aliphatic heterocycles. The zero-order chi connectivity index (χ0) is 15.6. The van der Waals surface area contributed by atoms with Gasteiger partial charge in [-0.25, -0.2) is 8.78 Å². The summed E-state index contributed by atoms with van der Waals surface area (Å²) in [5, 5.41) is 10.4. The molecule has 0 aliphatic rings. The lowest BCUT2D eigenvalue weighted by atomic mass is 9.88. The third kappa shape index (κ3) is 3.23. The summed E-state index contributed by atoms with van der Waals surface area (Å²) in [6.45, 7) is 1.75. The number of benzene rings is 2. The van der Waals surface area contributed by atoms with Crippen LogP contribution in [0.4, 0.5) is 8.78 Å². The first-order valence-corrected chi connectivity index (χ1v) is 6.91. The van der Waals surface area contributed by atoms with Crippen molar-refractivity contribution in [2.24, 2.45) is 5.73 Å². The van der Waals surface area contributed by atoms with Crippen LogP contribution in [0.5, 0.6) is 0 Å². The predicted octanol–water partition coefficient (Wildman–Crippen LogP) is 3.70. The van der Waals surface area contributed by atoms with Crippen molar-refractivity contribution in [3.63, 3.8) is 0 Å². The van der Waals surface area contributed by atoms with Crippen LogP contribution in [0.2, 0.25) is 5.02 Å². The molecule has 2 rings (SSSR count). The summed E-state index contributed by atoms with van der Waals surface area (Å²) in [4.78, 5) is 0. The molecular formula is C16H16ClF2NO. The number of aliphatic hydroxyl groups excluding tert-OH is 1. The van der Waals surface area contributed by atoms with Crippen molar-refractivity contribution in [3.05, 3.63) is 69.7 Å². The number of halogens is 3. The van der Waals surface area contributed by atoms with Gasteiger partial charge in [-0.05, 0) is 24.6 Å². The highest BCUT2D eigenvalue weighted by molar-refractivity contribution is 6.30. The lowest BCUT2D eigenvalue weighted by Crippen LogP contribution is -2.22. The van der Waals surface area contributed by atoms with Crippen LogP contribution in [0.25, 0.3) is 0 Å². The molecule has 2 aromatic rings. The van der Waals surface area contributed by atoms with Gasteiger partial charge >= 0.3 is 0 Å². The maximum Gasteiger partial charge on any atom is 0.145 e. The second-order valence-corrected chi connectivity index (χ2v) is 5.36. The van der Waals surface area contributed by atoms with Gasteiger partial charge in [-0.15, -0.1) is 0 Å². The summed E-state index contributed by atoms with van der Waals surface area (Å²) >= 11 is 5.75. The molecule has 112 valence electrons. The molecule has 0 saturated carbocycles. The van der Waals surface area contributed by atoms with Crippen molar-refractivity contribution in [1.29, 1.82) is 0 Å². The molecule has 2 unspecified atom stereocenters. The summed E-state index contributed by atoms with van der Waals surface area (Å²) in [5.41, 5.74) is 6.74. The first-order chi connectivity index (χ1) is 9.95. The standard InChI is InChI=1S/C16H16ClF2NO/c1-9-5-6-14(18)11(7-9)16(21)12(8-20)10-3-2-4-13(17)15(10)19/h2-7,12,16,21H,8,20H2,1H3. The van der Waals surface area contributed by atoms with Crippen LogP contribution in [0.1, 0.15) is 28.7 Å². The topological polar surface area (TPSA) is 46.2 Å². The molecular weight excluding hydrogens is 296 g/mol. The fraction of sp³-hybridized carbons (Fsp3) is 0.250. The summed E-state index contributed by atoms with van der Waals surface area (Å²) in [6.07, 6.45) is -1.25. The van der Waals surface area contributed by atoms with Crippen LogP contribution < -0.4 is 5.73 Å². The van der Waals surface area contributed by atoms with Crippen molar-refractivity contribution in [3.8, 4) is 0 Å². The molecule has 0 fully saturated rings. The Bertz CT molecular complexity index is 648. The smallest absolute Gasteiger partial charge is 0.145 e. The fourth-order valence-electron chi connectivity index (χ4n) is 2.34. The number of aliphatic hydroxyl groups is 1. The van der Waals surface area contributed by atoms with Gasteiger partial charge in [0.1, 0.15) is 11.6 Å². The molecule has 21 heavy (non-hydrogen) atoms. The third-order valence-corrected chi connectivity index (χ3v) is 3.78. The first-order valence-electron chi connectivity index (χ1n) is 6.53. The highest BCUT2D eigenvalue weighted by Crippen LogP contribution is 2.34. The van der Waals surface area contributed by atoms with Gasteiger partial charge in [-0.1, -0.05) is 41.4 Å². The minimum Gasteiger partial charge on any atom is -0.388 e. The second-order valence-electron chi connectivity index (χ2n) is 4.96. The van der Waals surface area contributed by atoms with Crippen molar-refractivity contribution >= 4 is 11.6 Å². The number of nitrogens with two attached hydrogens (primary N) is 1. The lowest BCUT2D eigenvalue weighted by Gasteiger charge is -2.23. The first kappa shape index (κ1) is 15.9. The minimum atomic E-state index is -1.25. The molecule has 2 nitrogen and oxygen atoms in total. The molecule has 0 radical (unpaired) electrons. The number of aryl methyl sites for hydroxylation is 1. The van der Waals surface area contributed by atoms with Crippen LogP contribution >= 0.6 is 11.6 Å². The molecule has 0 spiro atoms. The average molecular weight is 312 g/mol. The monoisotopic (exact) mass is 311 g/mol. The molecule has 0 aliphatic carbocycles. The van der Waals surface area contributed by atoms with E-state index in [4.69, 9.17) is 17.3 Å². The molecule has 0 amide bonds. The van der Waals surface area contributed by atoms with Gasteiger partial charge in [0.05, 0.1) is 11.1 Å². The molecule has 0 bridgehead atoms. The number of hydrogen-bond donors (Lipinski definition) is 2. The van der Waals surface area contributed by atoms with E-state index >= 15 is 0 Å². The molecule has 2 atom stereocenters. The van der Waals surface area contributed by atoms with E-state index in [1.165, 1.54) is 24.3 Å². The SMILES string of the molecule is Cc1ccc(F)c(C(O)C(CN)c2cccc(Cl)c2F)c1. The predicted molar refractivity (Wildman–Crippen MR) is 79.3 cm³/mol. The molecule has 3 N–H and O–H groups in total. The zero-order valence-corrected chi connectivity index (χ0v) is 12.2. The van der Waals surface area contributed by atoms with Crippen molar-refractivity contribution < 1.29 is 13.9 Å². The number of rotatable bonds is 4. The van der Waals surface area contributed by atoms with Gasteiger partial charge in [0, 0.05) is 18.0 Å². The normalized spacial score (nSPS) is 14.0. The van der Waals surface area contributed by atoms with Gasteiger partial charge in [0.15, 0.2) is 0 Å². The van der Waals surface area contributed by atoms with Crippen molar-refractivity contribution in [2.45, 2.75) is 18.9 Å². The van der Waals surface area contributed by atoms with Gasteiger partial charge in [0.2, 0.25) is 0 Å². The van der Waals surface area contributed by atoms with E-state index in [-0.39, 0.29) is 22.7 Å².